The molecule has 0 spiro atoms. The third-order valence-corrected chi connectivity index (χ3v) is 4.60. The number of rotatable bonds is 4. The second-order valence-electron chi connectivity index (χ2n) is 4.51. The minimum absolute atomic E-state index is 0.0413. The fourth-order valence-corrected chi connectivity index (χ4v) is 2.90. The highest BCUT2D eigenvalue weighted by molar-refractivity contribution is 9.10. The summed E-state index contributed by atoms with van der Waals surface area (Å²) in [6.45, 7) is 0. The van der Waals surface area contributed by atoms with E-state index in [-0.39, 0.29) is 11.3 Å². The molecule has 0 saturated heterocycles. The number of hydrogen-bond acceptors (Lipinski definition) is 2. The zero-order valence-electron chi connectivity index (χ0n) is 9.17. The molecule has 0 aromatic heterocycles. The molecule has 1 fully saturated rings. The van der Waals surface area contributed by atoms with Crippen LogP contribution < -0.4 is 5.32 Å². The van der Waals surface area contributed by atoms with Gasteiger partial charge in [0.15, 0.2) is 0 Å². The predicted molar refractivity (Wildman–Crippen MR) is 77.9 cm³/mol. The zero-order chi connectivity index (χ0) is 12.5. The first-order valence-corrected chi connectivity index (χ1v) is 7.21. The van der Waals surface area contributed by atoms with E-state index < -0.39 is 0 Å². The van der Waals surface area contributed by atoms with E-state index in [9.17, 15) is 4.79 Å². The van der Waals surface area contributed by atoms with Crippen LogP contribution >= 0.6 is 40.2 Å². The molecule has 0 heterocycles. The summed E-state index contributed by atoms with van der Waals surface area (Å²) < 4.78 is 0.800. The second kappa shape index (κ2) is 5.21. The lowest BCUT2D eigenvalue weighted by Gasteiger charge is -2.12. The molecule has 92 valence electrons. The smallest absolute Gasteiger partial charge is 0.224 e. The van der Waals surface area contributed by atoms with Crippen LogP contribution in [0.5, 0.6) is 0 Å². The topological polar surface area (TPSA) is 29.1 Å². The molecule has 1 amide bonds. The summed E-state index contributed by atoms with van der Waals surface area (Å²) in [5.41, 5.74) is 0.904. The van der Waals surface area contributed by atoms with Crippen LogP contribution in [0.2, 0.25) is 5.02 Å². The highest BCUT2D eigenvalue weighted by Crippen LogP contribution is 2.49. The minimum atomic E-state index is 0.0413. The van der Waals surface area contributed by atoms with Crippen molar-refractivity contribution in [2.45, 2.75) is 19.3 Å². The van der Waals surface area contributed by atoms with E-state index in [0.717, 1.165) is 28.8 Å². The molecule has 1 aliphatic carbocycles. The Morgan fingerprint density at radius 1 is 1.53 bits per heavy atom. The van der Waals surface area contributed by atoms with Gasteiger partial charge in [0.1, 0.15) is 0 Å². The lowest BCUT2D eigenvalue weighted by Crippen LogP contribution is -2.18. The minimum Gasteiger partial charge on any atom is -0.325 e. The van der Waals surface area contributed by atoms with Crippen molar-refractivity contribution in [3.8, 4) is 0 Å². The highest BCUT2D eigenvalue weighted by Gasteiger charge is 2.42. The summed E-state index contributed by atoms with van der Waals surface area (Å²) in [4.78, 5) is 11.9. The summed E-state index contributed by atoms with van der Waals surface area (Å²) in [5.74, 6) is 0.821. The van der Waals surface area contributed by atoms with Gasteiger partial charge >= 0.3 is 0 Å². The van der Waals surface area contributed by atoms with Gasteiger partial charge in [0.2, 0.25) is 5.91 Å². The third kappa shape index (κ3) is 3.39. The predicted octanol–water partition coefficient (Wildman–Crippen LogP) is 4.14. The van der Waals surface area contributed by atoms with Gasteiger partial charge in [0, 0.05) is 15.9 Å². The Kier molecular flexibility index (Phi) is 4.06. The fraction of sp³-hybridized carbons (Fsp3) is 0.417. The largest absolute Gasteiger partial charge is 0.325 e. The Bertz CT molecular complexity index is 448. The van der Waals surface area contributed by atoms with Crippen molar-refractivity contribution in [1.82, 2.24) is 0 Å². The number of thiol groups is 1. The van der Waals surface area contributed by atoms with Crippen molar-refractivity contribution in [2.75, 3.05) is 11.1 Å². The van der Waals surface area contributed by atoms with E-state index in [1.165, 1.54) is 0 Å². The standard InChI is InChI=1S/C12H13BrClNOS/c13-9-5-8(14)1-2-10(9)15-11(16)6-12(7-17)3-4-12/h1-2,5,17H,3-4,6-7H2,(H,15,16). The van der Waals surface area contributed by atoms with Gasteiger partial charge in [-0.2, -0.15) is 12.6 Å². The molecule has 1 N–H and O–H groups in total. The molecule has 0 atom stereocenters. The maximum atomic E-state index is 11.9. The van der Waals surface area contributed by atoms with Crippen molar-refractivity contribution in [2.24, 2.45) is 5.41 Å². The number of carbonyl (C=O) groups is 1. The van der Waals surface area contributed by atoms with E-state index in [1.807, 2.05) is 0 Å². The molecule has 0 bridgehead atoms. The normalized spacial score (nSPS) is 16.6. The number of amides is 1. The van der Waals surface area contributed by atoms with E-state index in [2.05, 4.69) is 33.9 Å². The molecular formula is C12H13BrClNOS. The zero-order valence-corrected chi connectivity index (χ0v) is 12.4. The van der Waals surface area contributed by atoms with Crippen molar-refractivity contribution < 1.29 is 4.79 Å². The van der Waals surface area contributed by atoms with Crippen LogP contribution in [0.4, 0.5) is 5.69 Å². The quantitative estimate of drug-likeness (QED) is 0.796. The Hall–Kier alpha value is -0.190. The first-order chi connectivity index (χ1) is 8.04. The molecule has 1 saturated carbocycles. The molecule has 2 nitrogen and oxygen atoms in total. The first kappa shape index (κ1) is 13.2. The van der Waals surface area contributed by atoms with Gasteiger partial charge in [-0.3, -0.25) is 4.79 Å². The van der Waals surface area contributed by atoms with Gasteiger partial charge < -0.3 is 5.32 Å². The van der Waals surface area contributed by atoms with Crippen molar-refractivity contribution in [3.63, 3.8) is 0 Å². The summed E-state index contributed by atoms with van der Waals surface area (Å²) in [7, 11) is 0. The molecule has 5 heteroatoms. The maximum Gasteiger partial charge on any atom is 0.224 e. The van der Waals surface area contributed by atoms with Crippen LogP contribution in [0.3, 0.4) is 0 Å². The average Bonchev–Trinajstić information content (AvgIpc) is 3.03. The van der Waals surface area contributed by atoms with Crippen molar-refractivity contribution in [1.29, 1.82) is 0 Å². The number of carbonyl (C=O) groups excluding carboxylic acids is 1. The third-order valence-electron chi connectivity index (χ3n) is 3.03. The lowest BCUT2D eigenvalue weighted by atomic mass is 10.1. The molecule has 0 radical (unpaired) electrons. The molecule has 17 heavy (non-hydrogen) atoms. The molecule has 0 aliphatic heterocycles. The van der Waals surface area contributed by atoms with Crippen LogP contribution in [0.25, 0.3) is 0 Å². The van der Waals surface area contributed by atoms with Gasteiger partial charge in [-0.1, -0.05) is 11.6 Å². The Morgan fingerprint density at radius 3 is 2.76 bits per heavy atom. The molecule has 1 aromatic carbocycles. The fourth-order valence-electron chi connectivity index (χ4n) is 1.69. The van der Waals surface area contributed by atoms with Gasteiger partial charge in [-0.05, 0) is 58.1 Å². The van der Waals surface area contributed by atoms with Gasteiger partial charge in [0.25, 0.3) is 0 Å². The number of anilines is 1. The Balaban J connectivity index is 1.98. The van der Waals surface area contributed by atoms with Crippen LogP contribution in [0, 0.1) is 5.41 Å². The van der Waals surface area contributed by atoms with Crippen molar-refractivity contribution >= 4 is 51.8 Å². The Labute approximate surface area is 120 Å². The average molecular weight is 335 g/mol. The van der Waals surface area contributed by atoms with E-state index in [1.54, 1.807) is 18.2 Å². The highest BCUT2D eigenvalue weighted by atomic mass is 79.9. The Morgan fingerprint density at radius 2 is 2.24 bits per heavy atom. The lowest BCUT2D eigenvalue weighted by molar-refractivity contribution is -0.117. The monoisotopic (exact) mass is 333 g/mol. The van der Waals surface area contributed by atoms with Gasteiger partial charge in [0.05, 0.1) is 5.69 Å². The summed E-state index contributed by atoms with van der Waals surface area (Å²) in [6.07, 6.45) is 2.75. The van der Waals surface area contributed by atoms with E-state index >= 15 is 0 Å². The van der Waals surface area contributed by atoms with Crippen molar-refractivity contribution in [3.05, 3.63) is 27.7 Å². The summed E-state index contributed by atoms with van der Waals surface area (Å²) >= 11 is 13.5. The van der Waals surface area contributed by atoms with Gasteiger partial charge in [-0.15, -0.1) is 0 Å². The number of hydrogen-bond donors (Lipinski definition) is 2. The summed E-state index contributed by atoms with van der Waals surface area (Å²) in [6, 6.07) is 5.32. The molecular weight excluding hydrogens is 322 g/mol. The number of nitrogens with one attached hydrogen (secondary N) is 1. The van der Waals surface area contributed by atoms with Gasteiger partial charge in [-0.25, -0.2) is 0 Å². The SMILES string of the molecule is O=C(CC1(CS)CC1)Nc1ccc(Cl)cc1Br. The number of benzene rings is 1. The number of halogens is 2. The molecule has 2 rings (SSSR count). The molecule has 1 aromatic rings. The summed E-state index contributed by atoms with van der Waals surface area (Å²) in [5, 5.41) is 3.53. The van der Waals surface area contributed by atoms with Crippen LogP contribution in [-0.2, 0) is 4.79 Å². The van der Waals surface area contributed by atoms with Crippen LogP contribution in [0.1, 0.15) is 19.3 Å². The van der Waals surface area contributed by atoms with Crippen LogP contribution in [0.15, 0.2) is 22.7 Å². The van der Waals surface area contributed by atoms with E-state index in [0.29, 0.717) is 11.4 Å². The first-order valence-electron chi connectivity index (χ1n) is 5.40. The molecule has 1 aliphatic rings. The maximum absolute atomic E-state index is 11.9. The second-order valence-corrected chi connectivity index (χ2v) is 6.11. The van der Waals surface area contributed by atoms with Crippen LogP contribution in [-0.4, -0.2) is 11.7 Å². The molecule has 0 unspecified atom stereocenters. The van der Waals surface area contributed by atoms with E-state index in [4.69, 9.17) is 11.6 Å².